The highest BCUT2D eigenvalue weighted by Gasteiger charge is 2.30. The molecule has 126 valence electrons. The zero-order chi connectivity index (χ0) is 17.6. The van der Waals surface area contributed by atoms with Crippen LogP contribution in [0, 0.1) is 0 Å². The zero-order valence-electron chi connectivity index (χ0n) is 12.4. The number of thioether (sulfide) groups is 1. The summed E-state index contributed by atoms with van der Waals surface area (Å²) in [6.07, 6.45) is -2.83. The number of benzene rings is 2. The van der Waals surface area contributed by atoms with Crippen LogP contribution in [0.2, 0.25) is 0 Å². The molecule has 0 unspecified atom stereocenters. The standard InChI is InChI=1S/C17H9F3N2OS2/c18-17(19,20)9-5-6-11-13(7-9)25-16(22-11)21-8-14-15(23)10-3-1-2-4-12(10)24-14/h1-8H,(H,21,22)/b14-8-. The fourth-order valence-corrected chi connectivity index (χ4v) is 4.27. The third-order valence-electron chi connectivity index (χ3n) is 3.62. The number of ketones is 1. The molecule has 0 fully saturated rings. The molecule has 4 rings (SSSR count). The Hall–Kier alpha value is -2.32. The van der Waals surface area contributed by atoms with Gasteiger partial charge in [-0.25, -0.2) is 4.98 Å². The van der Waals surface area contributed by atoms with Gasteiger partial charge in [-0.2, -0.15) is 13.2 Å². The van der Waals surface area contributed by atoms with Gasteiger partial charge >= 0.3 is 6.18 Å². The van der Waals surface area contributed by atoms with E-state index in [-0.39, 0.29) is 5.78 Å². The molecule has 3 aromatic rings. The van der Waals surface area contributed by atoms with Gasteiger partial charge in [-0.1, -0.05) is 35.2 Å². The van der Waals surface area contributed by atoms with Crippen molar-refractivity contribution in [2.75, 3.05) is 5.32 Å². The fraction of sp³-hybridized carbons (Fsp3) is 0.0588. The highest BCUT2D eigenvalue weighted by molar-refractivity contribution is 8.04. The monoisotopic (exact) mass is 378 g/mol. The Morgan fingerprint density at radius 2 is 1.92 bits per heavy atom. The van der Waals surface area contributed by atoms with Crippen molar-refractivity contribution in [2.24, 2.45) is 0 Å². The first kappa shape index (κ1) is 16.2. The summed E-state index contributed by atoms with van der Waals surface area (Å²) < 4.78 is 38.7. The van der Waals surface area contributed by atoms with Crippen LogP contribution in [0.1, 0.15) is 15.9 Å². The summed E-state index contributed by atoms with van der Waals surface area (Å²) in [5.41, 5.74) is 0.429. The van der Waals surface area contributed by atoms with Crippen molar-refractivity contribution >= 4 is 44.2 Å². The van der Waals surface area contributed by atoms with Gasteiger partial charge in [0.05, 0.1) is 20.7 Å². The number of anilines is 1. The van der Waals surface area contributed by atoms with E-state index in [2.05, 4.69) is 10.3 Å². The van der Waals surface area contributed by atoms with E-state index in [1.165, 1.54) is 17.8 Å². The van der Waals surface area contributed by atoms with Crippen LogP contribution in [0.25, 0.3) is 10.2 Å². The lowest BCUT2D eigenvalue weighted by Crippen LogP contribution is -2.03. The van der Waals surface area contributed by atoms with Gasteiger partial charge in [-0.05, 0) is 30.3 Å². The fourth-order valence-electron chi connectivity index (χ4n) is 2.43. The lowest BCUT2D eigenvalue weighted by atomic mass is 10.1. The SMILES string of the molecule is O=C1/C(=C/Nc2nc3ccc(C(F)(F)F)cc3s2)Sc2ccccc21. The largest absolute Gasteiger partial charge is 0.416 e. The van der Waals surface area contributed by atoms with Gasteiger partial charge in [-0.15, -0.1) is 0 Å². The summed E-state index contributed by atoms with van der Waals surface area (Å²) in [5.74, 6) is -0.0754. The second-order valence-corrected chi connectivity index (χ2v) is 7.39. The molecule has 1 aliphatic heterocycles. The molecule has 2 aromatic carbocycles. The van der Waals surface area contributed by atoms with Crippen molar-refractivity contribution in [3.05, 3.63) is 64.7 Å². The predicted molar refractivity (Wildman–Crippen MR) is 93.0 cm³/mol. The molecular weight excluding hydrogens is 369 g/mol. The first-order chi connectivity index (χ1) is 11.9. The molecule has 0 saturated heterocycles. The van der Waals surface area contributed by atoms with E-state index >= 15 is 0 Å². The average Bonchev–Trinajstić information content (AvgIpc) is 3.12. The van der Waals surface area contributed by atoms with E-state index in [1.807, 2.05) is 12.1 Å². The van der Waals surface area contributed by atoms with Crippen LogP contribution in [0.15, 0.2) is 58.5 Å². The van der Waals surface area contributed by atoms with Gasteiger partial charge in [0.2, 0.25) is 5.78 Å². The third-order valence-corrected chi connectivity index (χ3v) is 5.67. The molecule has 0 spiro atoms. The molecule has 0 atom stereocenters. The normalized spacial score (nSPS) is 15.8. The van der Waals surface area contributed by atoms with Gasteiger partial charge < -0.3 is 5.32 Å². The van der Waals surface area contributed by atoms with E-state index in [9.17, 15) is 18.0 Å². The molecule has 1 N–H and O–H groups in total. The number of alkyl halides is 3. The number of thiazole rings is 1. The van der Waals surface area contributed by atoms with Crippen LogP contribution in [0.5, 0.6) is 0 Å². The molecule has 1 aliphatic rings. The first-order valence-corrected chi connectivity index (χ1v) is 8.81. The third kappa shape index (κ3) is 3.03. The summed E-state index contributed by atoms with van der Waals surface area (Å²) in [6.45, 7) is 0. The van der Waals surface area contributed by atoms with Crippen LogP contribution in [-0.4, -0.2) is 10.8 Å². The Kier molecular flexibility index (Phi) is 3.81. The Labute approximate surface area is 148 Å². The van der Waals surface area contributed by atoms with Crippen LogP contribution in [0.4, 0.5) is 18.3 Å². The molecule has 1 aromatic heterocycles. The number of Topliss-reactive ketones (excluding diaryl/α,β-unsaturated/α-hetero) is 1. The zero-order valence-corrected chi connectivity index (χ0v) is 14.1. The van der Waals surface area contributed by atoms with Crippen molar-refractivity contribution in [1.29, 1.82) is 0 Å². The minimum absolute atomic E-state index is 0.0754. The summed E-state index contributed by atoms with van der Waals surface area (Å²) in [5, 5.41) is 3.36. The lowest BCUT2D eigenvalue weighted by Gasteiger charge is -2.04. The average molecular weight is 378 g/mol. The number of hydrogen-bond acceptors (Lipinski definition) is 5. The Balaban J connectivity index is 1.59. The minimum atomic E-state index is -4.38. The maximum absolute atomic E-state index is 12.8. The van der Waals surface area contributed by atoms with E-state index in [4.69, 9.17) is 0 Å². The van der Waals surface area contributed by atoms with E-state index < -0.39 is 11.7 Å². The van der Waals surface area contributed by atoms with Gasteiger partial charge in [0.15, 0.2) is 5.13 Å². The second kappa shape index (κ2) is 5.89. The molecule has 2 heterocycles. The van der Waals surface area contributed by atoms with Gasteiger partial charge in [0.25, 0.3) is 0 Å². The van der Waals surface area contributed by atoms with Crippen LogP contribution < -0.4 is 5.32 Å². The molecule has 25 heavy (non-hydrogen) atoms. The summed E-state index contributed by atoms with van der Waals surface area (Å²) in [6, 6.07) is 10.7. The topological polar surface area (TPSA) is 42.0 Å². The maximum atomic E-state index is 12.8. The molecule has 0 saturated carbocycles. The number of carbonyl (C=O) groups is 1. The molecule has 0 amide bonds. The quantitative estimate of drug-likeness (QED) is 0.593. The van der Waals surface area contributed by atoms with Gasteiger partial charge in [-0.3, -0.25) is 4.79 Å². The summed E-state index contributed by atoms with van der Waals surface area (Å²) in [7, 11) is 0. The Morgan fingerprint density at radius 1 is 1.12 bits per heavy atom. The van der Waals surface area contributed by atoms with E-state index in [0.29, 0.717) is 25.8 Å². The smallest absolute Gasteiger partial charge is 0.337 e. The van der Waals surface area contributed by atoms with Crippen LogP contribution in [-0.2, 0) is 6.18 Å². The highest BCUT2D eigenvalue weighted by atomic mass is 32.2. The van der Waals surface area contributed by atoms with Gasteiger partial charge in [0.1, 0.15) is 0 Å². The Morgan fingerprint density at radius 3 is 2.68 bits per heavy atom. The first-order valence-electron chi connectivity index (χ1n) is 7.18. The Bertz CT molecular complexity index is 1020. The summed E-state index contributed by atoms with van der Waals surface area (Å²) in [4.78, 5) is 17.9. The van der Waals surface area contributed by atoms with Gasteiger partial charge in [0, 0.05) is 16.7 Å². The summed E-state index contributed by atoms with van der Waals surface area (Å²) >= 11 is 2.46. The maximum Gasteiger partial charge on any atom is 0.416 e. The molecule has 0 bridgehead atoms. The van der Waals surface area contributed by atoms with Crippen molar-refractivity contribution in [1.82, 2.24) is 4.98 Å². The number of fused-ring (bicyclic) bond motifs is 2. The van der Waals surface area contributed by atoms with Crippen molar-refractivity contribution in [3.63, 3.8) is 0 Å². The number of halogens is 3. The number of carbonyl (C=O) groups excluding carboxylic acids is 1. The number of hydrogen-bond donors (Lipinski definition) is 1. The number of allylic oxidation sites excluding steroid dienone is 1. The number of aromatic nitrogens is 1. The molecule has 3 nitrogen and oxygen atoms in total. The molecule has 0 aliphatic carbocycles. The van der Waals surface area contributed by atoms with Crippen LogP contribution in [0.3, 0.4) is 0 Å². The second-order valence-electron chi connectivity index (χ2n) is 5.28. The number of nitrogens with one attached hydrogen (secondary N) is 1. The molecule has 0 radical (unpaired) electrons. The predicted octanol–water partition coefficient (Wildman–Crippen LogP) is 5.56. The molecule has 8 heteroatoms. The molecular formula is C17H9F3N2OS2. The van der Waals surface area contributed by atoms with E-state index in [0.717, 1.165) is 28.4 Å². The van der Waals surface area contributed by atoms with Crippen molar-refractivity contribution < 1.29 is 18.0 Å². The van der Waals surface area contributed by atoms with E-state index in [1.54, 1.807) is 18.3 Å². The highest BCUT2D eigenvalue weighted by Crippen LogP contribution is 2.40. The van der Waals surface area contributed by atoms with Crippen LogP contribution >= 0.6 is 23.1 Å². The van der Waals surface area contributed by atoms with Crippen molar-refractivity contribution in [2.45, 2.75) is 11.1 Å². The minimum Gasteiger partial charge on any atom is -0.337 e. The number of rotatable bonds is 2. The number of nitrogens with zero attached hydrogens (tertiary/aromatic N) is 1. The lowest BCUT2D eigenvalue weighted by molar-refractivity contribution is -0.137. The van der Waals surface area contributed by atoms with Crippen molar-refractivity contribution in [3.8, 4) is 0 Å².